The van der Waals surface area contributed by atoms with Gasteiger partial charge in [-0.2, -0.15) is 5.26 Å². The fourth-order valence-electron chi connectivity index (χ4n) is 1.71. The Hall–Kier alpha value is -1.83. The van der Waals surface area contributed by atoms with Crippen LogP contribution in [0.15, 0.2) is 30.6 Å². The topological polar surface area (TPSA) is 58.7 Å². The second-order valence-corrected chi connectivity index (χ2v) is 4.78. The van der Waals surface area contributed by atoms with Crippen LogP contribution in [0.25, 0.3) is 0 Å². The molecule has 2 rings (SSSR count). The highest BCUT2D eigenvalue weighted by Gasteiger charge is 2.25. The van der Waals surface area contributed by atoms with E-state index in [0.717, 1.165) is 0 Å². The van der Waals surface area contributed by atoms with Crippen LogP contribution in [0, 0.1) is 11.3 Å². The Bertz CT molecular complexity index is 673. The number of hydrogen-bond acceptors (Lipinski definition) is 3. The van der Waals surface area contributed by atoms with Crippen molar-refractivity contribution in [1.29, 1.82) is 5.26 Å². The third kappa shape index (κ3) is 2.62. The van der Waals surface area contributed by atoms with Crippen LogP contribution in [0.5, 0.6) is 0 Å². The average Bonchev–Trinajstić information content (AvgIpc) is 2.80. The maximum atomic E-state index is 12.3. The van der Waals surface area contributed by atoms with Gasteiger partial charge in [-0.1, -0.05) is 29.3 Å². The lowest BCUT2D eigenvalue weighted by Crippen LogP contribution is -2.15. The molecule has 0 aliphatic heterocycles. The van der Waals surface area contributed by atoms with E-state index >= 15 is 0 Å². The van der Waals surface area contributed by atoms with Gasteiger partial charge in [0.2, 0.25) is 5.78 Å². The number of benzene rings is 1. The number of halogens is 2. The van der Waals surface area contributed by atoms with E-state index in [0.29, 0.717) is 15.6 Å². The number of aryl methyl sites for hydroxylation is 1. The van der Waals surface area contributed by atoms with E-state index in [1.54, 1.807) is 29.9 Å². The molecule has 0 bridgehead atoms. The van der Waals surface area contributed by atoms with E-state index in [1.807, 2.05) is 6.07 Å². The first-order valence-electron chi connectivity index (χ1n) is 5.40. The fourth-order valence-corrected chi connectivity index (χ4v) is 2.02. The van der Waals surface area contributed by atoms with Gasteiger partial charge in [0.25, 0.3) is 0 Å². The summed E-state index contributed by atoms with van der Waals surface area (Å²) in [7, 11) is 1.70. The van der Waals surface area contributed by atoms with Crippen LogP contribution in [-0.4, -0.2) is 15.3 Å². The molecule has 0 radical (unpaired) electrons. The first kappa shape index (κ1) is 13.6. The van der Waals surface area contributed by atoms with E-state index in [9.17, 15) is 10.1 Å². The Balaban J connectivity index is 2.41. The SMILES string of the molecule is Cn1ccnc1C(=O)C(C#N)c1ccc(Cl)c(Cl)c1. The average molecular weight is 294 g/mol. The maximum absolute atomic E-state index is 12.3. The predicted molar refractivity (Wildman–Crippen MR) is 72.4 cm³/mol. The number of aromatic nitrogens is 2. The van der Waals surface area contributed by atoms with Gasteiger partial charge in [-0.05, 0) is 17.7 Å². The van der Waals surface area contributed by atoms with Gasteiger partial charge in [-0.15, -0.1) is 0 Å². The maximum Gasteiger partial charge on any atom is 0.219 e. The van der Waals surface area contributed by atoms with Crippen LogP contribution >= 0.6 is 23.2 Å². The number of Topliss-reactive ketones (excluding diaryl/α,β-unsaturated/α-hetero) is 1. The molecule has 0 saturated carbocycles. The summed E-state index contributed by atoms with van der Waals surface area (Å²) in [5.41, 5.74) is 0.505. The van der Waals surface area contributed by atoms with Gasteiger partial charge >= 0.3 is 0 Å². The minimum atomic E-state index is -0.948. The van der Waals surface area contributed by atoms with Gasteiger partial charge < -0.3 is 4.57 Å². The fraction of sp³-hybridized carbons (Fsp3) is 0.154. The standard InChI is InChI=1S/C13H9Cl2N3O/c1-18-5-4-17-13(18)12(19)9(7-16)8-2-3-10(14)11(15)6-8/h2-6,9H,1H3. The lowest BCUT2D eigenvalue weighted by molar-refractivity contribution is 0.0966. The first-order chi connectivity index (χ1) is 9.04. The van der Waals surface area contributed by atoms with Crippen LogP contribution in [-0.2, 0) is 7.05 Å². The van der Waals surface area contributed by atoms with Crippen LogP contribution in [0.2, 0.25) is 10.0 Å². The largest absolute Gasteiger partial charge is 0.332 e. The van der Waals surface area contributed by atoms with Gasteiger partial charge in [0.15, 0.2) is 5.82 Å². The molecular weight excluding hydrogens is 285 g/mol. The minimum Gasteiger partial charge on any atom is -0.332 e. The Kier molecular flexibility index (Phi) is 3.89. The van der Waals surface area contributed by atoms with Gasteiger partial charge in [-0.25, -0.2) is 4.98 Å². The molecule has 0 saturated heterocycles. The zero-order valence-corrected chi connectivity index (χ0v) is 11.5. The molecule has 1 aromatic carbocycles. The highest BCUT2D eigenvalue weighted by molar-refractivity contribution is 6.42. The number of nitrogens with zero attached hydrogens (tertiary/aromatic N) is 3. The smallest absolute Gasteiger partial charge is 0.219 e. The van der Waals surface area contributed by atoms with E-state index in [2.05, 4.69) is 4.98 Å². The summed E-state index contributed by atoms with van der Waals surface area (Å²) < 4.78 is 1.57. The summed E-state index contributed by atoms with van der Waals surface area (Å²) >= 11 is 11.7. The molecular formula is C13H9Cl2N3O. The Morgan fingerprint density at radius 1 is 1.42 bits per heavy atom. The van der Waals surface area contributed by atoms with Gasteiger partial charge in [0, 0.05) is 19.4 Å². The summed E-state index contributed by atoms with van der Waals surface area (Å²) in [5.74, 6) is -1.08. The second kappa shape index (κ2) is 5.43. The summed E-state index contributed by atoms with van der Waals surface area (Å²) in [6.45, 7) is 0. The van der Waals surface area contributed by atoms with E-state index in [4.69, 9.17) is 23.2 Å². The van der Waals surface area contributed by atoms with Crippen molar-refractivity contribution in [2.45, 2.75) is 5.92 Å². The molecule has 19 heavy (non-hydrogen) atoms. The van der Waals surface area contributed by atoms with E-state index in [1.165, 1.54) is 12.3 Å². The van der Waals surface area contributed by atoms with Crippen molar-refractivity contribution in [2.24, 2.45) is 7.05 Å². The number of ketones is 1. The zero-order chi connectivity index (χ0) is 14.0. The van der Waals surface area contributed by atoms with Crippen LogP contribution in [0.3, 0.4) is 0 Å². The van der Waals surface area contributed by atoms with Crippen molar-refractivity contribution in [1.82, 2.24) is 9.55 Å². The number of hydrogen-bond donors (Lipinski definition) is 0. The molecule has 0 N–H and O–H groups in total. The lowest BCUT2D eigenvalue weighted by Gasteiger charge is -2.09. The summed E-state index contributed by atoms with van der Waals surface area (Å²) in [5, 5.41) is 9.91. The molecule has 1 unspecified atom stereocenters. The normalized spacial score (nSPS) is 11.9. The van der Waals surface area contributed by atoms with Crippen molar-refractivity contribution in [3.8, 4) is 6.07 Å². The molecule has 1 atom stereocenters. The predicted octanol–water partition coefficient (Wildman–Crippen LogP) is 3.22. The van der Waals surface area contributed by atoms with Crippen molar-refractivity contribution in [3.05, 3.63) is 52.0 Å². The van der Waals surface area contributed by atoms with Crippen molar-refractivity contribution < 1.29 is 4.79 Å². The van der Waals surface area contributed by atoms with Crippen molar-refractivity contribution >= 4 is 29.0 Å². The molecule has 0 fully saturated rings. The number of carbonyl (C=O) groups excluding carboxylic acids is 1. The third-order valence-electron chi connectivity index (χ3n) is 2.71. The highest BCUT2D eigenvalue weighted by Crippen LogP contribution is 2.27. The van der Waals surface area contributed by atoms with Crippen LogP contribution in [0.1, 0.15) is 22.1 Å². The zero-order valence-electron chi connectivity index (χ0n) is 9.97. The molecule has 0 aliphatic rings. The van der Waals surface area contributed by atoms with E-state index in [-0.39, 0.29) is 11.6 Å². The molecule has 0 aliphatic carbocycles. The van der Waals surface area contributed by atoms with Gasteiger partial charge in [-0.3, -0.25) is 4.79 Å². The number of imidazole rings is 1. The third-order valence-corrected chi connectivity index (χ3v) is 3.45. The molecule has 0 spiro atoms. The molecule has 96 valence electrons. The summed E-state index contributed by atoms with van der Waals surface area (Å²) in [4.78, 5) is 16.2. The van der Waals surface area contributed by atoms with Crippen molar-refractivity contribution in [2.75, 3.05) is 0 Å². The Labute approximate surface area is 120 Å². The molecule has 1 heterocycles. The van der Waals surface area contributed by atoms with Gasteiger partial charge in [0.1, 0.15) is 5.92 Å². The number of carbonyl (C=O) groups is 1. The molecule has 0 amide bonds. The molecule has 1 aromatic heterocycles. The lowest BCUT2D eigenvalue weighted by atomic mass is 9.95. The summed E-state index contributed by atoms with van der Waals surface area (Å²) in [6, 6.07) is 6.68. The Morgan fingerprint density at radius 2 is 2.16 bits per heavy atom. The number of nitriles is 1. The minimum absolute atomic E-state index is 0.234. The van der Waals surface area contributed by atoms with Crippen LogP contribution < -0.4 is 0 Å². The van der Waals surface area contributed by atoms with Crippen molar-refractivity contribution in [3.63, 3.8) is 0 Å². The van der Waals surface area contributed by atoms with Crippen LogP contribution in [0.4, 0.5) is 0 Å². The number of rotatable bonds is 3. The Morgan fingerprint density at radius 3 is 2.68 bits per heavy atom. The second-order valence-electron chi connectivity index (χ2n) is 3.96. The highest BCUT2D eigenvalue weighted by atomic mass is 35.5. The van der Waals surface area contributed by atoms with E-state index < -0.39 is 5.92 Å². The molecule has 6 heteroatoms. The van der Waals surface area contributed by atoms with Gasteiger partial charge in [0.05, 0.1) is 16.1 Å². The molecule has 4 nitrogen and oxygen atoms in total. The first-order valence-corrected chi connectivity index (χ1v) is 6.16. The summed E-state index contributed by atoms with van der Waals surface area (Å²) in [6.07, 6.45) is 3.16. The quantitative estimate of drug-likeness (QED) is 0.817. The molecule has 2 aromatic rings. The monoisotopic (exact) mass is 293 g/mol.